The van der Waals surface area contributed by atoms with E-state index < -0.39 is 26.7 Å². The second-order valence-electron chi connectivity index (χ2n) is 7.97. The van der Waals surface area contributed by atoms with Gasteiger partial charge in [0.15, 0.2) is 0 Å². The number of hydrogen-bond donors (Lipinski definition) is 1. The monoisotopic (exact) mass is 497 g/mol. The molecule has 1 heterocycles. The number of nitrogens with zero attached hydrogens (tertiary/aromatic N) is 2. The van der Waals surface area contributed by atoms with Crippen LogP contribution in [0.15, 0.2) is 65.1 Å². The predicted molar refractivity (Wildman–Crippen MR) is 129 cm³/mol. The standard InChI is InChI=1S/C24H20FN3O6S/c1-27(35(2,32)33)20-13-21-19(12-18(20)15-4-3-5-17(11-15)28(30)31)23(24(26)29)22(34-21)10-14-6-8-16(25)9-7-14/h3-9,11-13H,10H2,1-2H3,(H2,26,29). The Bertz CT molecular complexity index is 1580. The maximum atomic E-state index is 13.3. The van der Waals surface area contributed by atoms with Gasteiger partial charge < -0.3 is 10.2 Å². The molecule has 9 nitrogen and oxygen atoms in total. The normalized spacial score (nSPS) is 11.5. The first-order valence-electron chi connectivity index (χ1n) is 10.3. The number of carbonyl (C=O) groups excluding carboxylic acids is 1. The number of benzene rings is 3. The Morgan fingerprint density at radius 3 is 2.43 bits per heavy atom. The molecule has 3 aromatic carbocycles. The minimum Gasteiger partial charge on any atom is -0.460 e. The number of fused-ring (bicyclic) bond motifs is 1. The summed E-state index contributed by atoms with van der Waals surface area (Å²) in [6.45, 7) is 0. The van der Waals surface area contributed by atoms with Gasteiger partial charge in [-0.05, 0) is 29.3 Å². The summed E-state index contributed by atoms with van der Waals surface area (Å²) in [6, 6.07) is 14.3. The molecule has 35 heavy (non-hydrogen) atoms. The molecule has 0 spiro atoms. The van der Waals surface area contributed by atoms with Crippen LogP contribution in [0.1, 0.15) is 21.7 Å². The first-order valence-corrected chi connectivity index (χ1v) is 12.1. The van der Waals surface area contributed by atoms with Gasteiger partial charge in [0.25, 0.3) is 11.6 Å². The molecule has 0 aliphatic rings. The second-order valence-corrected chi connectivity index (χ2v) is 9.98. The Balaban J connectivity index is 1.99. The van der Waals surface area contributed by atoms with E-state index in [1.54, 1.807) is 18.2 Å². The highest BCUT2D eigenvalue weighted by Crippen LogP contribution is 2.39. The molecule has 0 aliphatic carbocycles. The van der Waals surface area contributed by atoms with E-state index in [1.807, 2.05) is 0 Å². The zero-order valence-corrected chi connectivity index (χ0v) is 19.5. The van der Waals surface area contributed by atoms with Gasteiger partial charge in [-0.15, -0.1) is 0 Å². The molecule has 0 aliphatic heterocycles. The smallest absolute Gasteiger partial charge is 0.270 e. The summed E-state index contributed by atoms with van der Waals surface area (Å²) in [4.78, 5) is 23.2. The minimum absolute atomic E-state index is 0.0876. The molecule has 1 aromatic heterocycles. The van der Waals surface area contributed by atoms with Gasteiger partial charge in [0.05, 0.1) is 22.4 Å². The van der Waals surface area contributed by atoms with Gasteiger partial charge >= 0.3 is 0 Å². The highest BCUT2D eigenvalue weighted by molar-refractivity contribution is 7.92. The first-order chi connectivity index (χ1) is 16.5. The summed E-state index contributed by atoms with van der Waals surface area (Å²) in [5.41, 5.74) is 7.32. The van der Waals surface area contributed by atoms with Crippen LogP contribution < -0.4 is 10.0 Å². The molecule has 2 N–H and O–H groups in total. The van der Waals surface area contributed by atoms with E-state index in [4.69, 9.17) is 10.2 Å². The highest BCUT2D eigenvalue weighted by Gasteiger charge is 2.25. The molecule has 0 saturated heterocycles. The van der Waals surface area contributed by atoms with Gasteiger partial charge in [-0.3, -0.25) is 19.2 Å². The number of anilines is 1. The number of furan rings is 1. The van der Waals surface area contributed by atoms with E-state index in [0.29, 0.717) is 22.1 Å². The van der Waals surface area contributed by atoms with Gasteiger partial charge in [0.2, 0.25) is 10.0 Å². The van der Waals surface area contributed by atoms with Gasteiger partial charge in [0, 0.05) is 42.6 Å². The van der Waals surface area contributed by atoms with Gasteiger partial charge in [0.1, 0.15) is 17.2 Å². The van der Waals surface area contributed by atoms with Crippen molar-refractivity contribution in [3.05, 3.63) is 93.5 Å². The Hall–Kier alpha value is -4.25. The zero-order valence-electron chi connectivity index (χ0n) is 18.7. The van der Waals surface area contributed by atoms with Crippen LogP contribution in [-0.4, -0.2) is 32.6 Å². The van der Waals surface area contributed by atoms with Gasteiger partial charge in [-0.25, -0.2) is 12.8 Å². The zero-order chi connectivity index (χ0) is 25.5. The number of non-ortho nitro benzene ring substituents is 1. The molecule has 180 valence electrons. The molecule has 4 rings (SSSR count). The lowest BCUT2D eigenvalue weighted by molar-refractivity contribution is -0.384. The van der Waals surface area contributed by atoms with Crippen LogP contribution in [0.3, 0.4) is 0 Å². The average Bonchev–Trinajstić information content (AvgIpc) is 3.15. The summed E-state index contributed by atoms with van der Waals surface area (Å²) in [6.07, 6.45) is 1.15. The van der Waals surface area contributed by atoms with Crippen molar-refractivity contribution >= 4 is 38.3 Å². The molecule has 0 atom stereocenters. The summed E-state index contributed by atoms with van der Waals surface area (Å²) in [7, 11) is -2.38. The number of nitro groups is 1. The lowest BCUT2D eigenvalue weighted by Gasteiger charge is -2.20. The van der Waals surface area contributed by atoms with Crippen molar-refractivity contribution < 1.29 is 26.9 Å². The maximum Gasteiger partial charge on any atom is 0.270 e. The molecule has 0 fully saturated rings. The average molecular weight is 498 g/mol. The van der Waals surface area contributed by atoms with Crippen LogP contribution >= 0.6 is 0 Å². The van der Waals surface area contributed by atoms with E-state index in [9.17, 15) is 27.7 Å². The van der Waals surface area contributed by atoms with Crippen molar-refractivity contribution in [1.82, 2.24) is 0 Å². The number of hydrogen-bond acceptors (Lipinski definition) is 6. The lowest BCUT2D eigenvalue weighted by atomic mass is 9.98. The summed E-state index contributed by atoms with van der Waals surface area (Å²) < 4.78 is 45.0. The molecule has 0 saturated carbocycles. The molecule has 0 radical (unpaired) electrons. The van der Waals surface area contributed by atoms with Crippen molar-refractivity contribution in [2.24, 2.45) is 5.73 Å². The van der Waals surface area contributed by atoms with Gasteiger partial charge in [-0.1, -0.05) is 24.3 Å². The third kappa shape index (κ3) is 4.71. The van der Waals surface area contributed by atoms with Crippen molar-refractivity contribution in [1.29, 1.82) is 0 Å². The second kappa shape index (κ2) is 8.84. The SMILES string of the molecule is CN(c1cc2oc(Cc3ccc(F)cc3)c(C(N)=O)c2cc1-c1cccc([N+](=O)[O-])c1)S(C)(=O)=O. The van der Waals surface area contributed by atoms with Crippen molar-refractivity contribution in [2.45, 2.75) is 6.42 Å². The Kier molecular flexibility index (Phi) is 6.03. The number of nitro benzene ring substituents is 1. The number of rotatable bonds is 7. The van der Waals surface area contributed by atoms with Crippen LogP contribution in [0, 0.1) is 15.9 Å². The number of amides is 1. The molecular formula is C24H20FN3O6S. The number of nitrogens with two attached hydrogens (primary N) is 1. The quantitative estimate of drug-likeness (QED) is 0.300. The van der Waals surface area contributed by atoms with Crippen molar-refractivity contribution in [3.8, 4) is 11.1 Å². The Morgan fingerprint density at radius 2 is 1.83 bits per heavy atom. The topological polar surface area (TPSA) is 137 Å². The van der Waals surface area contributed by atoms with E-state index in [1.165, 1.54) is 49.5 Å². The minimum atomic E-state index is -3.72. The molecular weight excluding hydrogens is 477 g/mol. The summed E-state index contributed by atoms with van der Waals surface area (Å²) in [5.74, 6) is -0.957. The van der Waals surface area contributed by atoms with E-state index in [-0.39, 0.29) is 34.7 Å². The van der Waals surface area contributed by atoms with Gasteiger partial charge in [-0.2, -0.15) is 0 Å². The van der Waals surface area contributed by atoms with E-state index in [0.717, 1.165) is 10.6 Å². The van der Waals surface area contributed by atoms with Crippen LogP contribution in [0.4, 0.5) is 15.8 Å². The molecule has 1 amide bonds. The third-order valence-corrected chi connectivity index (χ3v) is 6.80. The summed E-state index contributed by atoms with van der Waals surface area (Å²) in [5, 5.41) is 11.6. The van der Waals surface area contributed by atoms with Crippen LogP contribution in [0.5, 0.6) is 0 Å². The predicted octanol–water partition coefficient (Wildman–Crippen LogP) is 4.23. The fourth-order valence-electron chi connectivity index (χ4n) is 3.82. The lowest BCUT2D eigenvalue weighted by Crippen LogP contribution is -2.25. The molecule has 0 unspecified atom stereocenters. The molecule has 11 heteroatoms. The fourth-order valence-corrected chi connectivity index (χ4v) is 4.33. The molecule has 4 aromatic rings. The largest absolute Gasteiger partial charge is 0.460 e. The third-order valence-electron chi connectivity index (χ3n) is 5.61. The van der Waals surface area contributed by atoms with Crippen LogP contribution in [0.25, 0.3) is 22.1 Å². The number of primary amides is 1. The highest BCUT2D eigenvalue weighted by atomic mass is 32.2. The molecule has 0 bridgehead atoms. The Labute approximate surface area is 199 Å². The maximum absolute atomic E-state index is 13.3. The number of sulfonamides is 1. The van der Waals surface area contributed by atoms with Crippen LogP contribution in [-0.2, 0) is 16.4 Å². The van der Waals surface area contributed by atoms with E-state index >= 15 is 0 Å². The first kappa shape index (κ1) is 23.9. The number of halogens is 1. The van der Waals surface area contributed by atoms with Crippen LogP contribution in [0.2, 0.25) is 0 Å². The van der Waals surface area contributed by atoms with Crippen molar-refractivity contribution in [2.75, 3.05) is 17.6 Å². The summed E-state index contributed by atoms with van der Waals surface area (Å²) >= 11 is 0. The van der Waals surface area contributed by atoms with Crippen molar-refractivity contribution in [3.63, 3.8) is 0 Å². The van der Waals surface area contributed by atoms with E-state index in [2.05, 4.69) is 0 Å². The fraction of sp³-hybridized carbons (Fsp3) is 0.125. The number of carbonyl (C=O) groups is 1. The Morgan fingerprint density at radius 1 is 1.14 bits per heavy atom.